The Labute approximate surface area is 123 Å². The molecule has 1 aromatic carbocycles. The van der Waals surface area contributed by atoms with Crippen molar-refractivity contribution >= 4 is 11.8 Å². The lowest BCUT2D eigenvalue weighted by molar-refractivity contribution is -0.138. The topological polar surface area (TPSA) is 26.0 Å². The summed E-state index contributed by atoms with van der Waals surface area (Å²) >= 11 is 1.48. The van der Waals surface area contributed by atoms with E-state index in [1.165, 1.54) is 17.8 Å². The summed E-state index contributed by atoms with van der Waals surface area (Å²) in [6.07, 6.45) is -1.32. The third kappa shape index (κ3) is 5.37. The van der Waals surface area contributed by atoms with Crippen LogP contribution >= 0.6 is 11.8 Å². The molecule has 0 aliphatic heterocycles. The molecule has 0 heterocycles. The van der Waals surface area contributed by atoms with Crippen molar-refractivity contribution in [1.29, 1.82) is 0 Å². The maximum atomic E-state index is 13.1. The summed E-state index contributed by atoms with van der Waals surface area (Å²) in [6.45, 7) is 3.95. The Morgan fingerprint density at radius 1 is 1.25 bits per heavy atom. The van der Waals surface area contributed by atoms with Gasteiger partial charge in [-0.15, -0.1) is 11.8 Å². The highest BCUT2D eigenvalue weighted by Crippen LogP contribution is 2.35. The Morgan fingerprint density at radius 2 is 1.95 bits per heavy atom. The molecule has 0 amide bonds. The molecule has 0 fully saturated rings. The number of hydrogen-bond acceptors (Lipinski definition) is 2. The van der Waals surface area contributed by atoms with Crippen LogP contribution in [0.25, 0.3) is 0 Å². The number of benzene rings is 1. The fourth-order valence-electron chi connectivity index (χ4n) is 1.85. The summed E-state index contributed by atoms with van der Waals surface area (Å²) in [5.41, 5.74) is 5.54. The van der Waals surface area contributed by atoms with E-state index in [-0.39, 0.29) is 12.5 Å². The zero-order valence-electron chi connectivity index (χ0n) is 12.0. The van der Waals surface area contributed by atoms with Crippen molar-refractivity contribution in [1.82, 2.24) is 0 Å². The van der Waals surface area contributed by atoms with Crippen LogP contribution in [-0.2, 0) is 12.6 Å². The van der Waals surface area contributed by atoms with Crippen molar-refractivity contribution in [2.75, 3.05) is 5.75 Å². The molecular formula is C15H22F3NS. The first-order valence-corrected chi connectivity index (χ1v) is 7.95. The third-order valence-electron chi connectivity index (χ3n) is 3.16. The lowest BCUT2D eigenvalue weighted by Crippen LogP contribution is -2.23. The van der Waals surface area contributed by atoms with Crippen molar-refractivity contribution in [3.8, 4) is 0 Å². The highest BCUT2D eigenvalue weighted by molar-refractivity contribution is 7.99. The Hall–Kier alpha value is -0.680. The van der Waals surface area contributed by atoms with E-state index in [9.17, 15) is 13.2 Å². The molecule has 0 saturated carbocycles. The summed E-state index contributed by atoms with van der Waals surface area (Å²) in [5, 5.41) is 0. The second-order valence-corrected chi connectivity index (χ2v) is 6.06. The first-order chi connectivity index (χ1) is 9.38. The first kappa shape index (κ1) is 17.4. The quantitative estimate of drug-likeness (QED) is 0.574. The Balaban J connectivity index is 2.95. The molecule has 1 atom stereocenters. The lowest BCUT2D eigenvalue weighted by atomic mass is 9.99. The molecule has 0 aliphatic carbocycles. The predicted molar refractivity (Wildman–Crippen MR) is 79.0 cm³/mol. The van der Waals surface area contributed by atoms with Gasteiger partial charge < -0.3 is 5.73 Å². The maximum Gasteiger partial charge on any atom is 0.416 e. The molecule has 0 radical (unpaired) electrons. The Bertz CT molecular complexity index is 418. The van der Waals surface area contributed by atoms with Gasteiger partial charge in [-0.05, 0) is 42.7 Å². The smallest absolute Gasteiger partial charge is 0.327 e. The number of unbranched alkanes of at least 4 members (excludes halogenated alkanes) is 1. The predicted octanol–water partition coefficient (Wildman–Crippen LogP) is 4.88. The SMILES string of the molecule is CCCCSc1ccc(CC(N)CC)c(C(F)(F)F)c1. The highest BCUT2D eigenvalue weighted by atomic mass is 32.2. The van der Waals surface area contributed by atoms with Crippen molar-refractivity contribution in [3.05, 3.63) is 29.3 Å². The normalized spacial score (nSPS) is 13.5. The summed E-state index contributed by atoms with van der Waals surface area (Å²) in [5.74, 6) is 0.849. The average Bonchev–Trinajstić information content (AvgIpc) is 2.39. The molecule has 2 N–H and O–H groups in total. The van der Waals surface area contributed by atoms with Gasteiger partial charge in [-0.25, -0.2) is 0 Å². The van der Waals surface area contributed by atoms with Gasteiger partial charge >= 0.3 is 6.18 Å². The van der Waals surface area contributed by atoms with Crippen molar-refractivity contribution in [3.63, 3.8) is 0 Å². The van der Waals surface area contributed by atoms with E-state index in [0.29, 0.717) is 16.9 Å². The van der Waals surface area contributed by atoms with Crippen LogP contribution in [0.15, 0.2) is 23.1 Å². The largest absolute Gasteiger partial charge is 0.416 e. The van der Waals surface area contributed by atoms with E-state index in [1.807, 2.05) is 6.92 Å². The van der Waals surface area contributed by atoms with Gasteiger partial charge in [0, 0.05) is 10.9 Å². The second kappa shape index (κ2) is 7.93. The molecule has 1 unspecified atom stereocenters. The van der Waals surface area contributed by atoms with Crippen molar-refractivity contribution in [2.24, 2.45) is 5.73 Å². The molecule has 0 bridgehead atoms. The minimum absolute atomic E-state index is 0.227. The van der Waals surface area contributed by atoms with Crippen LogP contribution in [0.1, 0.15) is 44.2 Å². The second-order valence-electron chi connectivity index (χ2n) is 4.89. The third-order valence-corrected chi connectivity index (χ3v) is 4.24. The fourth-order valence-corrected chi connectivity index (χ4v) is 2.88. The summed E-state index contributed by atoms with van der Waals surface area (Å²) in [6, 6.07) is 4.38. The maximum absolute atomic E-state index is 13.1. The van der Waals surface area contributed by atoms with Crippen LogP contribution in [-0.4, -0.2) is 11.8 Å². The first-order valence-electron chi connectivity index (χ1n) is 6.97. The number of halogens is 3. The minimum Gasteiger partial charge on any atom is -0.327 e. The molecule has 1 rings (SSSR count). The van der Waals surface area contributed by atoms with Gasteiger partial charge in [-0.3, -0.25) is 0 Å². The van der Waals surface area contributed by atoms with E-state index in [0.717, 1.165) is 18.6 Å². The monoisotopic (exact) mass is 305 g/mol. The minimum atomic E-state index is -4.32. The molecule has 114 valence electrons. The van der Waals surface area contributed by atoms with E-state index in [1.54, 1.807) is 12.1 Å². The number of alkyl halides is 3. The molecule has 0 spiro atoms. The van der Waals surface area contributed by atoms with Crippen molar-refractivity contribution < 1.29 is 13.2 Å². The zero-order chi connectivity index (χ0) is 15.2. The molecule has 0 saturated heterocycles. The van der Waals surface area contributed by atoms with Gasteiger partial charge in [0.05, 0.1) is 5.56 Å². The van der Waals surface area contributed by atoms with Crippen LogP contribution in [0, 0.1) is 0 Å². The Kier molecular flexibility index (Phi) is 6.89. The van der Waals surface area contributed by atoms with E-state index in [2.05, 4.69) is 6.92 Å². The summed E-state index contributed by atoms with van der Waals surface area (Å²) < 4.78 is 39.4. The number of hydrogen-bond donors (Lipinski definition) is 1. The number of rotatable bonds is 7. The molecule has 0 aromatic heterocycles. The van der Waals surface area contributed by atoms with Crippen LogP contribution in [0.3, 0.4) is 0 Å². The summed E-state index contributed by atoms with van der Waals surface area (Å²) in [7, 11) is 0. The van der Waals surface area contributed by atoms with Crippen LogP contribution < -0.4 is 5.73 Å². The number of nitrogens with two attached hydrogens (primary N) is 1. The molecule has 0 aliphatic rings. The van der Waals surface area contributed by atoms with Crippen LogP contribution in [0.5, 0.6) is 0 Å². The van der Waals surface area contributed by atoms with Crippen LogP contribution in [0.2, 0.25) is 0 Å². The fraction of sp³-hybridized carbons (Fsp3) is 0.600. The summed E-state index contributed by atoms with van der Waals surface area (Å²) in [4.78, 5) is 0.680. The standard InChI is InChI=1S/C15H22F3NS/c1-3-5-8-20-13-7-6-11(9-12(19)4-2)14(10-13)15(16,17)18/h6-7,10,12H,3-5,8-9,19H2,1-2H3. The zero-order valence-corrected chi connectivity index (χ0v) is 12.8. The van der Waals surface area contributed by atoms with Gasteiger partial charge in [-0.2, -0.15) is 13.2 Å². The van der Waals surface area contributed by atoms with Crippen molar-refractivity contribution in [2.45, 2.75) is 56.6 Å². The average molecular weight is 305 g/mol. The molecular weight excluding hydrogens is 283 g/mol. The van der Waals surface area contributed by atoms with E-state index >= 15 is 0 Å². The number of thioether (sulfide) groups is 1. The van der Waals surface area contributed by atoms with Gasteiger partial charge in [-0.1, -0.05) is 26.3 Å². The van der Waals surface area contributed by atoms with Gasteiger partial charge in [0.1, 0.15) is 0 Å². The van der Waals surface area contributed by atoms with Gasteiger partial charge in [0.15, 0.2) is 0 Å². The van der Waals surface area contributed by atoms with Gasteiger partial charge in [0.25, 0.3) is 0 Å². The lowest BCUT2D eigenvalue weighted by Gasteiger charge is -2.17. The van der Waals surface area contributed by atoms with Crippen LogP contribution in [0.4, 0.5) is 13.2 Å². The van der Waals surface area contributed by atoms with E-state index in [4.69, 9.17) is 5.73 Å². The molecule has 1 nitrogen and oxygen atoms in total. The molecule has 1 aromatic rings. The molecule has 5 heteroatoms. The van der Waals surface area contributed by atoms with Gasteiger partial charge in [0.2, 0.25) is 0 Å². The van der Waals surface area contributed by atoms with E-state index < -0.39 is 11.7 Å². The molecule has 20 heavy (non-hydrogen) atoms. The highest BCUT2D eigenvalue weighted by Gasteiger charge is 2.33. The Morgan fingerprint density at radius 3 is 2.50 bits per heavy atom.